The first-order valence-electron chi connectivity index (χ1n) is 8.81. The highest BCUT2D eigenvalue weighted by Gasteiger charge is 2.59. The van der Waals surface area contributed by atoms with Crippen molar-refractivity contribution in [2.75, 3.05) is 0 Å². The van der Waals surface area contributed by atoms with Gasteiger partial charge in [0.25, 0.3) is 0 Å². The van der Waals surface area contributed by atoms with Gasteiger partial charge >= 0.3 is 0 Å². The summed E-state index contributed by atoms with van der Waals surface area (Å²) in [5, 5.41) is 11.2. The lowest BCUT2D eigenvalue weighted by molar-refractivity contribution is -0.135. The lowest BCUT2D eigenvalue weighted by atomic mass is 9.63. The van der Waals surface area contributed by atoms with Gasteiger partial charge in [0.05, 0.1) is 0 Å². The van der Waals surface area contributed by atoms with Gasteiger partial charge in [-0.3, -0.25) is 9.59 Å². The van der Waals surface area contributed by atoms with Crippen molar-refractivity contribution in [3.05, 3.63) is 23.8 Å². The van der Waals surface area contributed by atoms with Crippen molar-refractivity contribution in [2.45, 2.75) is 58.5 Å². The normalized spacial score (nSPS) is 48.7. The number of Topliss-reactive ketones (excluding diaryl/α,β-unsaturated/α-hetero) is 1. The Morgan fingerprint density at radius 1 is 1.43 bits per heavy atom. The highest BCUT2D eigenvalue weighted by molar-refractivity contribution is 5.99. The molecule has 126 valence electrons. The van der Waals surface area contributed by atoms with Crippen molar-refractivity contribution in [3.8, 4) is 0 Å². The second-order valence-corrected chi connectivity index (χ2v) is 8.45. The fourth-order valence-corrected chi connectivity index (χ4v) is 5.63. The van der Waals surface area contributed by atoms with E-state index in [0.29, 0.717) is 30.1 Å². The molecule has 1 N–H and O–H groups in total. The number of carbonyl (C=O) groups is 2. The molecule has 0 saturated heterocycles. The molecule has 23 heavy (non-hydrogen) atoms. The largest absolute Gasteiger partial charge is 0.377 e. The van der Waals surface area contributed by atoms with Crippen LogP contribution >= 0.6 is 0 Å². The van der Waals surface area contributed by atoms with Gasteiger partial charge in [-0.2, -0.15) is 0 Å². The van der Waals surface area contributed by atoms with Crippen LogP contribution in [-0.2, 0) is 9.59 Å². The Morgan fingerprint density at radius 3 is 2.74 bits per heavy atom. The number of allylic oxidation sites excluding steroid dienone is 2. The third-order valence-corrected chi connectivity index (χ3v) is 7.04. The molecule has 6 atom stereocenters. The first-order chi connectivity index (χ1) is 10.7. The van der Waals surface area contributed by atoms with Crippen LogP contribution in [0.1, 0.15) is 52.9 Å². The third-order valence-electron chi connectivity index (χ3n) is 7.04. The van der Waals surface area contributed by atoms with Crippen molar-refractivity contribution in [2.24, 2.45) is 29.1 Å². The molecule has 3 rings (SSSR count). The number of hydrogen-bond acceptors (Lipinski definition) is 3. The highest BCUT2D eigenvalue weighted by Crippen LogP contribution is 2.59. The first-order valence-corrected chi connectivity index (χ1v) is 8.81. The van der Waals surface area contributed by atoms with Crippen molar-refractivity contribution in [1.82, 2.24) is 0 Å². The lowest BCUT2D eigenvalue weighted by Crippen LogP contribution is -2.47. The molecule has 0 amide bonds. The Balaban J connectivity index is 2.08. The fourth-order valence-electron chi connectivity index (χ4n) is 5.63. The SMILES string of the molecule is C=C(C)[C@H]1CC[C@]2(C)C[C@@H]3[C@H](C)CC(=O)[C@]3(O)/C(C=O)=C\C[C@@H]12. The smallest absolute Gasteiger partial charge is 0.169 e. The van der Waals surface area contributed by atoms with Crippen LogP contribution in [0.4, 0.5) is 0 Å². The van der Waals surface area contributed by atoms with E-state index in [1.54, 1.807) is 0 Å². The monoisotopic (exact) mass is 316 g/mol. The molecule has 3 nitrogen and oxygen atoms in total. The topological polar surface area (TPSA) is 54.4 Å². The summed E-state index contributed by atoms with van der Waals surface area (Å²) in [5.74, 6) is 0.716. The molecule has 2 fully saturated rings. The molecule has 0 bridgehead atoms. The third kappa shape index (κ3) is 2.27. The van der Waals surface area contributed by atoms with E-state index < -0.39 is 5.60 Å². The standard InChI is InChI=1S/C20H28O3/c1-12(2)15-7-8-19(4)10-17-13(3)9-18(22)20(17,23)14(11-21)5-6-16(15)19/h5,11,13,15-17,23H,1,6-10H2,2-4H3/b14-5-/t13-,15-,16+,17-,19-,20+/m1/s1. The van der Waals surface area contributed by atoms with Gasteiger partial charge in [0, 0.05) is 17.9 Å². The summed E-state index contributed by atoms with van der Waals surface area (Å²) in [5.41, 5.74) is 0.0557. The number of aliphatic hydroxyl groups is 1. The van der Waals surface area contributed by atoms with Gasteiger partial charge in [0.2, 0.25) is 0 Å². The van der Waals surface area contributed by atoms with Gasteiger partial charge in [0.15, 0.2) is 11.4 Å². The molecule has 0 radical (unpaired) electrons. The van der Waals surface area contributed by atoms with Crippen molar-refractivity contribution >= 4 is 12.1 Å². The van der Waals surface area contributed by atoms with Crippen molar-refractivity contribution in [1.29, 1.82) is 0 Å². The summed E-state index contributed by atoms with van der Waals surface area (Å²) >= 11 is 0. The zero-order chi connectivity index (χ0) is 17.0. The Kier molecular flexibility index (Phi) is 3.91. The molecular weight excluding hydrogens is 288 g/mol. The number of carbonyl (C=O) groups excluding carboxylic acids is 2. The first kappa shape index (κ1) is 16.6. The van der Waals surface area contributed by atoms with Crippen LogP contribution in [-0.4, -0.2) is 22.8 Å². The predicted octanol–water partition coefficient (Wildman–Crippen LogP) is 3.47. The molecule has 2 saturated carbocycles. The minimum atomic E-state index is -1.56. The summed E-state index contributed by atoms with van der Waals surface area (Å²) in [6, 6.07) is 0. The van der Waals surface area contributed by atoms with Crippen LogP contribution in [0.15, 0.2) is 23.8 Å². The number of ketones is 1. The Bertz CT molecular complexity index is 590. The van der Waals surface area contributed by atoms with Crippen LogP contribution in [0, 0.1) is 29.1 Å². The van der Waals surface area contributed by atoms with Crippen molar-refractivity contribution in [3.63, 3.8) is 0 Å². The molecule has 3 heteroatoms. The molecule has 3 aliphatic rings. The van der Waals surface area contributed by atoms with E-state index in [1.165, 1.54) is 5.57 Å². The van der Waals surface area contributed by atoms with E-state index in [1.807, 2.05) is 13.0 Å². The molecule has 0 heterocycles. The minimum absolute atomic E-state index is 0.103. The average Bonchev–Trinajstić information content (AvgIpc) is 2.89. The maximum Gasteiger partial charge on any atom is 0.169 e. The molecule has 0 aliphatic heterocycles. The van der Waals surface area contributed by atoms with E-state index in [4.69, 9.17) is 0 Å². The molecule has 0 aromatic rings. The number of hydrogen-bond donors (Lipinski definition) is 1. The van der Waals surface area contributed by atoms with Crippen LogP contribution in [0.3, 0.4) is 0 Å². The zero-order valence-corrected chi connectivity index (χ0v) is 14.5. The molecule has 3 aliphatic carbocycles. The van der Waals surface area contributed by atoms with Gasteiger partial charge < -0.3 is 5.11 Å². The van der Waals surface area contributed by atoms with Gasteiger partial charge in [-0.25, -0.2) is 0 Å². The van der Waals surface area contributed by atoms with E-state index in [9.17, 15) is 14.7 Å². The predicted molar refractivity (Wildman–Crippen MR) is 89.7 cm³/mol. The molecule has 0 unspecified atom stereocenters. The summed E-state index contributed by atoms with van der Waals surface area (Å²) in [6.07, 6.45) is 6.71. The molecule has 0 aromatic carbocycles. The number of rotatable bonds is 2. The molecule has 0 aromatic heterocycles. The van der Waals surface area contributed by atoms with Crippen LogP contribution in [0.2, 0.25) is 0 Å². The summed E-state index contributed by atoms with van der Waals surface area (Å²) in [6.45, 7) is 10.6. The van der Waals surface area contributed by atoms with E-state index in [-0.39, 0.29) is 23.0 Å². The van der Waals surface area contributed by atoms with E-state index in [2.05, 4.69) is 20.4 Å². The second-order valence-electron chi connectivity index (χ2n) is 8.45. The second kappa shape index (κ2) is 5.41. The van der Waals surface area contributed by atoms with Gasteiger partial charge in [-0.05, 0) is 55.8 Å². The van der Waals surface area contributed by atoms with Crippen LogP contribution in [0.5, 0.6) is 0 Å². The molecule has 0 spiro atoms. The number of aldehydes is 1. The summed E-state index contributed by atoms with van der Waals surface area (Å²) < 4.78 is 0. The zero-order valence-electron chi connectivity index (χ0n) is 14.5. The highest BCUT2D eigenvalue weighted by atomic mass is 16.3. The van der Waals surface area contributed by atoms with Crippen LogP contribution < -0.4 is 0 Å². The maximum absolute atomic E-state index is 12.5. The minimum Gasteiger partial charge on any atom is -0.377 e. The Labute approximate surface area is 138 Å². The molecular formula is C20H28O3. The van der Waals surface area contributed by atoms with Gasteiger partial charge in [-0.15, -0.1) is 0 Å². The summed E-state index contributed by atoms with van der Waals surface area (Å²) in [7, 11) is 0. The Hall–Kier alpha value is -1.22. The summed E-state index contributed by atoms with van der Waals surface area (Å²) in [4.78, 5) is 24.1. The van der Waals surface area contributed by atoms with E-state index in [0.717, 1.165) is 25.7 Å². The quantitative estimate of drug-likeness (QED) is 0.627. The maximum atomic E-state index is 12.5. The van der Waals surface area contributed by atoms with Gasteiger partial charge in [-0.1, -0.05) is 32.1 Å². The average molecular weight is 316 g/mol. The van der Waals surface area contributed by atoms with Crippen molar-refractivity contribution < 1.29 is 14.7 Å². The Morgan fingerprint density at radius 2 is 2.13 bits per heavy atom. The van der Waals surface area contributed by atoms with Gasteiger partial charge in [0.1, 0.15) is 6.29 Å². The number of fused-ring (bicyclic) bond motifs is 2. The van der Waals surface area contributed by atoms with E-state index >= 15 is 0 Å². The fraction of sp³-hybridized carbons (Fsp3) is 0.700. The lowest BCUT2D eigenvalue weighted by Gasteiger charge is -2.43. The van der Waals surface area contributed by atoms with Crippen LogP contribution in [0.25, 0.3) is 0 Å².